The average Bonchev–Trinajstić information content (AvgIpc) is 2.66. The Balaban J connectivity index is 1.99. The molecule has 156 valence electrons. The van der Waals surface area contributed by atoms with Crippen LogP contribution in [0.2, 0.25) is 0 Å². The molecule has 0 heterocycles. The number of carbonyl (C=O) groups is 2. The van der Waals surface area contributed by atoms with Gasteiger partial charge in [0.25, 0.3) is 0 Å². The zero-order chi connectivity index (χ0) is 21.7. The number of anilines is 1. The summed E-state index contributed by atoms with van der Waals surface area (Å²) in [5.41, 5.74) is -0.841. The van der Waals surface area contributed by atoms with Gasteiger partial charge in [0, 0.05) is 5.69 Å². The molecule has 3 N–H and O–H groups in total. The predicted molar refractivity (Wildman–Crippen MR) is 99.3 cm³/mol. The van der Waals surface area contributed by atoms with Crippen molar-refractivity contribution >= 4 is 27.5 Å². The van der Waals surface area contributed by atoms with E-state index in [4.69, 9.17) is 0 Å². The SMILES string of the molecule is C[C@H](NS(=O)(=O)c1ccccc1C(F)(F)F)C(=O)NCC(=O)Nc1ccccc1. The summed E-state index contributed by atoms with van der Waals surface area (Å²) in [6.45, 7) is 0.705. The molecule has 2 aromatic carbocycles. The maximum atomic E-state index is 13.0. The van der Waals surface area contributed by atoms with E-state index in [9.17, 15) is 31.2 Å². The zero-order valence-electron chi connectivity index (χ0n) is 15.2. The van der Waals surface area contributed by atoms with Crippen LogP contribution in [0.1, 0.15) is 12.5 Å². The van der Waals surface area contributed by atoms with Crippen molar-refractivity contribution in [2.24, 2.45) is 0 Å². The number of rotatable bonds is 7. The third-order valence-electron chi connectivity index (χ3n) is 3.69. The molecule has 0 aliphatic carbocycles. The molecule has 0 radical (unpaired) electrons. The fourth-order valence-corrected chi connectivity index (χ4v) is 3.76. The highest BCUT2D eigenvalue weighted by Crippen LogP contribution is 2.33. The van der Waals surface area contributed by atoms with Crippen molar-refractivity contribution in [2.45, 2.75) is 24.0 Å². The van der Waals surface area contributed by atoms with Gasteiger partial charge in [0.15, 0.2) is 0 Å². The molecule has 1 atom stereocenters. The van der Waals surface area contributed by atoms with Gasteiger partial charge in [-0.15, -0.1) is 0 Å². The van der Waals surface area contributed by atoms with Crippen LogP contribution in [0, 0.1) is 0 Å². The quantitative estimate of drug-likeness (QED) is 0.627. The molecule has 11 heteroatoms. The average molecular weight is 429 g/mol. The van der Waals surface area contributed by atoms with Crippen LogP contribution in [0.5, 0.6) is 0 Å². The fourth-order valence-electron chi connectivity index (χ4n) is 2.33. The van der Waals surface area contributed by atoms with Crippen molar-refractivity contribution in [2.75, 3.05) is 11.9 Å². The van der Waals surface area contributed by atoms with Crippen molar-refractivity contribution < 1.29 is 31.2 Å². The predicted octanol–water partition coefficient (Wildman–Crippen LogP) is 2.13. The summed E-state index contributed by atoms with van der Waals surface area (Å²) in [5.74, 6) is -1.43. The Bertz CT molecular complexity index is 979. The van der Waals surface area contributed by atoms with Crippen LogP contribution in [0.4, 0.5) is 18.9 Å². The number of carbonyl (C=O) groups excluding carboxylic acids is 2. The summed E-state index contributed by atoms with van der Waals surface area (Å²) < 4.78 is 65.7. The molecular formula is C18H18F3N3O4S. The van der Waals surface area contributed by atoms with Gasteiger partial charge in [-0.05, 0) is 31.2 Å². The molecule has 7 nitrogen and oxygen atoms in total. The van der Waals surface area contributed by atoms with E-state index in [1.54, 1.807) is 30.3 Å². The normalized spacial score (nSPS) is 12.8. The van der Waals surface area contributed by atoms with Crippen LogP contribution in [0.3, 0.4) is 0 Å². The van der Waals surface area contributed by atoms with Crippen molar-refractivity contribution in [3.63, 3.8) is 0 Å². The summed E-state index contributed by atoms with van der Waals surface area (Å²) in [7, 11) is -4.64. The summed E-state index contributed by atoms with van der Waals surface area (Å²) in [6.07, 6.45) is -4.88. The molecule has 0 aliphatic heterocycles. The Morgan fingerprint density at radius 3 is 2.21 bits per heavy atom. The molecule has 0 aromatic heterocycles. The third-order valence-corrected chi connectivity index (χ3v) is 5.29. The number of para-hydroxylation sites is 1. The first-order valence-electron chi connectivity index (χ1n) is 8.32. The second-order valence-corrected chi connectivity index (χ2v) is 7.65. The van der Waals surface area contributed by atoms with Gasteiger partial charge in [-0.1, -0.05) is 30.3 Å². The Morgan fingerprint density at radius 1 is 1.00 bits per heavy atom. The van der Waals surface area contributed by atoms with E-state index in [2.05, 4.69) is 10.6 Å². The minimum Gasteiger partial charge on any atom is -0.346 e. The highest BCUT2D eigenvalue weighted by Gasteiger charge is 2.37. The topological polar surface area (TPSA) is 104 Å². The Morgan fingerprint density at radius 2 is 1.59 bits per heavy atom. The lowest BCUT2D eigenvalue weighted by atomic mass is 10.2. The molecule has 0 unspecified atom stereocenters. The molecule has 2 aromatic rings. The van der Waals surface area contributed by atoms with Crippen molar-refractivity contribution in [3.8, 4) is 0 Å². The van der Waals surface area contributed by atoms with Gasteiger partial charge >= 0.3 is 6.18 Å². The van der Waals surface area contributed by atoms with E-state index in [0.717, 1.165) is 25.1 Å². The van der Waals surface area contributed by atoms with Gasteiger partial charge in [0.1, 0.15) is 0 Å². The van der Waals surface area contributed by atoms with Crippen LogP contribution < -0.4 is 15.4 Å². The van der Waals surface area contributed by atoms with Crippen LogP contribution in [0.15, 0.2) is 59.5 Å². The Kier molecular flexibility index (Phi) is 6.98. The lowest BCUT2D eigenvalue weighted by Gasteiger charge is -2.17. The van der Waals surface area contributed by atoms with Gasteiger partial charge in [-0.2, -0.15) is 17.9 Å². The molecular weight excluding hydrogens is 411 g/mol. The van der Waals surface area contributed by atoms with Crippen molar-refractivity contribution in [3.05, 3.63) is 60.2 Å². The first-order valence-corrected chi connectivity index (χ1v) is 9.80. The molecule has 0 saturated heterocycles. The molecule has 2 amide bonds. The van der Waals surface area contributed by atoms with Crippen molar-refractivity contribution in [1.82, 2.24) is 10.0 Å². The fraction of sp³-hybridized carbons (Fsp3) is 0.222. The largest absolute Gasteiger partial charge is 0.417 e. The first kappa shape index (κ1) is 22.4. The lowest BCUT2D eigenvalue weighted by molar-refractivity contribution is -0.139. The number of amides is 2. The maximum absolute atomic E-state index is 13.0. The number of halogens is 3. The number of hydrogen-bond donors (Lipinski definition) is 3. The van der Waals surface area contributed by atoms with Crippen molar-refractivity contribution in [1.29, 1.82) is 0 Å². The third kappa shape index (κ3) is 6.29. The Labute approximate surface area is 165 Å². The van der Waals surface area contributed by atoms with Crippen LogP contribution in [0.25, 0.3) is 0 Å². The summed E-state index contributed by atoms with van der Waals surface area (Å²) in [5, 5.41) is 4.74. The maximum Gasteiger partial charge on any atom is 0.417 e. The van der Waals surface area contributed by atoms with E-state index < -0.39 is 51.1 Å². The number of sulfonamides is 1. The smallest absolute Gasteiger partial charge is 0.346 e. The van der Waals surface area contributed by atoms with Gasteiger partial charge in [0.05, 0.1) is 23.0 Å². The molecule has 2 rings (SSSR count). The molecule has 0 fully saturated rings. The number of nitrogens with one attached hydrogen (secondary N) is 3. The minimum absolute atomic E-state index is 0.446. The number of alkyl halides is 3. The highest BCUT2D eigenvalue weighted by atomic mass is 32.2. The molecule has 0 bridgehead atoms. The van der Waals surface area contributed by atoms with Gasteiger partial charge in [-0.25, -0.2) is 8.42 Å². The van der Waals surface area contributed by atoms with E-state index in [0.29, 0.717) is 11.8 Å². The summed E-state index contributed by atoms with van der Waals surface area (Å²) in [4.78, 5) is 22.9. The second kappa shape index (κ2) is 9.05. The summed E-state index contributed by atoms with van der Waals surface area (Å²) in [6, 6.07) is 10.6. The van der Waals surface area contributed by atoms with E-state index >= 15 is 0 Å². The standard InChI is InChI=1S/C18H18F3N3O4S/c1-12(17(26)22-11-16(25)23-13-7-3-2-4-8-13)24-29(27,28)15-10-6-5-9-14(15)18(19,20)21/h2-10,12,24H,11H2,1H3,(H,22,26)(H,23,25)/t12-/m0/s1. The second-order valence-electron chi connectivity index (χ2n) is 5.97. The van der Waals surface area contributed by atoms with Crippen LogP contribution in [-0.4, -0.2) is 32.8 Å². The van der Waals surface area contributed by atoms with Crippen LogP contribution in [-0.2, 0) is 25.8 Å². The molecule has 0 aliphatic rings. The molecule has 0 spiro atoms. The lowest BCUT2D eigenvalue weighted by Crippen LogP contribution is -2.46. The molecule has 0 saturated carbocycles. The van der Waals surface area contributed by atoms with E-state index in [-0.39, 0.29) is 0 Å². The van der Waals surface area contributed by atoms with Crippen LogP contribution >= 0.6 is 0 Å². The number of hydrogen-bond acceptors (Lipinski definition) is 4. The highest BCUT2D eigenvalue weighted by molar-refractivity contribution is 7.89. The van der Waals surface area contributed by atoms with Gasteiger partial charge < -0.3 is 10.6 Å². The molecule has 29 heavy (non-hydrogen) atoms. The van der Waals surface area contributed by atoms with Gasteiger partial charge in [-0.3, -0.25) is 9.59 Å². The van der Waals surface area contributed by atoms with Gasteiger partial charge in [0.2, 0.25) is 21.8 Å². The monoisotopic (exact) mass is 429 g/mol. The van der Waals surface area contributed by atoms with E-state index in [1.807, 2.05) is 4.72 Å². The number of benzene rings is 2. The zero-order valence-corrected chi connectivity index (χ0v) is 16.0. The van der Waals surface area contributed by atoms with E-state index in [1.165, 1.54) is 0 Å². The minimum atomic E-state index is -4.88. The Hall–Kier alpha value is -2.92. The first-order chi connectivity index (χ1) is 13.5. The summed E-state index contributed by atoms with van der Waals surface area (Å²) >= 11 is 0.